The van der Waals surface area contributed by atoms with Gasteiger partial charge in [-0.15, -0.1) is 0 Å². The molecular weight excluding hydrogens is 258 g/mol. The minimum Gasteiger partial charge on any atom is -0.508 e. The van der Waals surface area contributed by atoms with Gasteiger partial charge in [0.25, 0.3) is 0 Å². The molecule has 1 aromatic carbocycles. The molecule has 0 radical (unpaired) electrons. The monoisotopic (exact) mass is 264 g/mol. The number of rotatable bonds is 0. The van der Waals surface area contributed by atoms with Crippen molar-refractivity contribution in [2.24, 2.45) is 0 Å². The van der Waals surface area contributed by atoms with Crippen molar-refractivity contribution in [1.82, 2.24) is 0 Å². The Balaban J connectivity index is 0.000000288. The lowest BCUT2D eigenvalue weighted by atomic mass is 10.3. The van der Waals surface area contributed by atoms with Crippen LogP contribution in [0.1, 0.15) is 0 Å². The van der Waals surface area contributed by atoms with Crippen molar-refractivity contribution in [3.8, 4) is 5.75 Å². The number of aromatic hydroxyl groups is 1. The fraction of sp³-hybridized carbons (Fsp3) is 0.250. The molecule has 16 heavy (non-hydrogen) atoms. The number of thioether (sulfide) groups is 1. The van der Waals surface area contributed by atoms with Crippen LogP contribution in [0.25, 0.3) is 0 Å². The van der Waals surface area contributed by atoms with Crippen LogP contribution in [0.3, 0.4) is 0 Å². The fourth-order valence-corrected chi connectivity index (χ4v) is 0.822. The van der Waals surface area contributed by atoms with Crippen molar-refractivity contribution in [2.75, 3.05) is 0 Å². The molecule has 0 saturated heterocycles. The zero-order chi connectivity index (χ0) is 12.8. The van der Waals surface area contributed by atoms with Gasteiger partial charge in [0.05, 0.1) is 11.8 Å². The van der Waals surface area contributed by atoms with Gasteiger partial charge in [0.2, 0.25) is 0 Å². The number of alkyl halides is 6. The topological polar surface area (TPSA) is 20.2 Å². The van der Waals surface area contributed by atoms with Gasteiger partial charge in [-0.25, -0.2) is 0 Å². The average molecular weight is 264 g/mol. The Morgan fingerprint density at radius 3 is 1.31 bits per heavy atom. The predicted octanol–water partition coefficient (Wildman–Crippen LogP) is 4.15. The minimum atomic E-state index is -5.22. The number of phenolic OH excluding ortho intramolecular Hbond substituents is 1. The van der Waals surface area contributed by atoms with Gasteiger partial charge in [-0.05, 0) is 12.1 Å². The smallest absolute Gasteiger partial charge is 0.450 e. The van der Waals surface area contributed by atoms with Gasteiger partial charge < -0.3 is 5.11 Å². The Morgan fingerprint density at radius 1 is 0.812 bits per heavy atom. The molecule has 1 rings (SSSR count). The summed E-state index contributed by atoms with van der Waals surface area (Å²) in [6, 6.07) is 8.71. The van der Waals surface area contributed by atoms with E-state index in [1.807, 2.05) is 6.07 Å². The molecule has 8 heteroatoms. The third kappa shape index (κ3) is 11.0. The van der Waals surface area contributed by atoms with Crippen LogP contribution in [0.5, 0.6) is 5.75 Å². The van der Waals surface area contributed by atoms with Crippen molar-refractivity contribution in [2.45, 2.75) is 11.0 Å². The van der Waals surface area contributed by atoms with E-state index in [1.54, 1.807) is 24.3 Å². The van der Waals surface area contributed by atoms with Gasteiger partial charge in [-0.2, -0.15) is 26.3 Å². The maximum Gasteiger partial charge on any atom is 0.450 e. The molecule has 1 N–H and O–H groups in total. The van der Waals surface area contributed by atoms with Crippen LogP contribution in [0.4, 0.5) is 26.3 Å². The molecule has 0 spiro atoms. The first-order chi connectivity index (χ1) is 7.10. The first-order valence-corrected chi connectivity index (χ1v) is 4.49. The molecule has 1 nitrogen and oxygen atoms in total. The van der Waals surface area contributed by atoms with Crippen LogP contribution in [0, 0.1) is 0 Å². The summed E-state index contributed by atoms with van der Waals surface area (Å²) in [4.78, 5) is 0. The second-order valence-corrected chi connectivity index (χ2v) is 3.46. The molecule has 0 aliphatic heterocycles. The highest BCUT2D eigenvalue weighted by molar-refractivity contribution is 8.00. The Morgan fingerprint density at radius 2 is 1.19 bits per heavy atom. The highest BCUT2D eigenvalue weighted by Crippen LogP contribution is 2.43. The second kappa shape index (κ2) is 5.88. The second-order valence-electron chi connectivity index (χ2n) is 2.33. The van der Waals surface area contributed by atoms with Gasteiger partial charge >= 0.3 is 11.0 Å². The van der Waals surface area contributed by atoms with Crippen LogP contribution >= 0.6 is 11.8 Å². The Kier molecular flexibility index (Phi) is 5.49. The molecule has 0 amide bonds. The lowest BCUT2D eigenvalue weighted by molar-refractivity contribution is -0.0696. The fourth-order valence-electron chi connectivity index (χ4n) is 0.559. The molecule has 0 bridgehead atoms. The van der Waals surface area contributed by atoms with E-state index in [0.717, 1.165) is 0 Å². The van der Waals surface area contributed by atoms with Crippen LogP contribution in [0.15, 0.2) is 30.3 Å². The highest BCUT2D eigenvalue weighted by Gasteiger charge is 2.45. The summed E-state index contributed by atoms with van der Waals surface area (Å²) in [7, 11) is 0. The van der Waals surface area contributed by atoms with E-state index >= 15 is 0 Å². The van der Waals surface area contributed by atoms with Crippen LogP contribution in [0.2, 0.25) is 0 Å². The summed E-state index contributed by atoms with van der Waals surface area (Å²) in [5.74, 6) is 0.322. The molecular formula is C8H6F6OS. The van der Waals surface area contributed by atoms with Crippen molar-refractivity contribution in [3.63, 3.8) is 0 Å². The van der Waals surface area contributed by atoms with Gasteiger partial charge in [0.1, 0.15) is 5.75 Å². The van der Waals surface area contributed by atoms with E-state index in [1.165, 1.54) is 0 Å². The zero-order valence-corrected chi connectivity index (χ0v) is 8.33. The summed E-state index contributed by atoms with van der Waals surface area (Å²) in [5, 5.41) is 8.63. The van der Waals surface area contributed by atoms with E-state index in [9.17, 15) is 26.3 Å². The maximum absolute atomic E-state index is 10.8. The summed E-state index contributed by atoms with van der Waals surface area (Å²) >= 11 is -1.99. The standard InChI is InChI=1S/C6H6O.C2F6S/c7-6-4-2-1-3-5-6;3-1(4,5)9-2(6,7)8/h1-5,7H;. The molecule has 0 atom stereocenters. The summed E-state index contributed by atoms with van der Waals surface area (Å²) in [5.41, 5.74) is -10.4. The van der Waals surface area contributed by atoms with Crippen molar-refractivity contribution in [1.29, 1.82) is 0 Å². The molecule has 0 unspecified atom stereocenters. The van der Waals surface area contributed by atoms with Crippen molar-refractivity contribution in [3.05, 3.63) is 30.3 Å². The lowest BCUT2D eigenvalue weighted by Crippen LogP contribution is -2.11. The van der Waals surface area contributed by atoms with E-state index in [2.05, 4.69) is 0 Å². The molecule has 0 aliphatic carbocycles. The average Bonchev–Trinajstić information content (AvgIpc) is 1.99. The largest absolute Gasteiger partial charge is 0.508 e. The molecule has 0 aromatic heterocycles. The van der Waals surface area contributed by atoms with E-state index in [4.69, 9.17) is 5.11 Å². The molecule has 92 valence electrons. The van der Waals surface area contributed by atoms with Gasteiger partial charge in [-0.3, -0.25) is 0 Å². The molecule has 0 heterocycles. The summed E-state index contributed by atoms with van der Waals surface area (Å²) in [6.45, 7) is 0. The van der Waals surface area contributed by atoms with E-state index in [0.29, 0.717) is 5.75 Å². The number of phenols is 1. The van der Waals surface area contributed by atoms with Crippen LogP contribution < -0.4 is 0 Å². The number of benzene rings is 1. The summed E-state index contributed by atoms with van der Waals surface area (Å²) < 4.78 is 64.8. The minimum absolute atomic E-state index is 0.322. The molecule has 0 aliphatic rings. The number of para-hydroxylation sites is 1. The highest BCUT2D eigenvalue weighted by atomic mass is 32.2. The van der Waals surface area contributed by atoms with Crippen LogP contribution in [-0.2, 0) is 0 Å². The Hall–Kier alpha value is -1.05. The van der Waals surface area contributed by atoms with Crippen LogP contribution in [-0.4, -0.2) is 16.1 Å². The molecule has 0 fully saturated rings. The van der Waals surface area contributed by atoms with E-state index in [-0.39, 0.29) is 0 Å². The van der Waals surface area contributed by atoms with Crippen molar-refractivity contribution < 1.29 is 31.4 Å². The maximum atomic E-state index is 10.8. The SMILES string of the molecule is FC(F)(F)SC(F)(F)F.Oc1ccccc1. The Bertz CT molecular complexity index is 282. The van der Waals surface area contributed by atoms with Gasteiger partial charge in [0.15, 0.2) is 0 Å². The number of halogens is 6. The molecule has 0 saturated carbocycles. The quantitative estimate of drug-likeness (QED) is 0.710. The first kappa shape index (κ1) is 14.9. The van der Waals surface area contributed by atoms with Gasteiger partial charge in [0, 0.05) is 0 Å². The Labute approximate surface area is 91.1 Å². The van der Waals surface area contributed by atoms with Gasteiger partial charge in [-0.1, -0.05) is 18.2 Å². The lowest BCUT2D eigenvalue weighted by Gasteiger charge is -2.06. The van der Waals surface area contributed by atoms with E-state index < -0.39 is 22.8 Å². The third-order valence-electron chi connectivity index (χ3n) is 0.988. The first-order valence-electron chi connectivity index (χ1n) is 3.68. The number of hydrogen-bond acceptors (Lipinski definition) is 2. The predicted molar refractivity (Wildman–Crippen MR) is 47.8 cm³/mol. The zero-order valence-electron chi connectivity index (χ0n) is 7.51. The summed E-state index contributed by atoms with van der Waals surface area (Å²) in [6.07, 6.45) is 0. The third-order valence-corrected chi connectivity index (χ3v) is 1.45. The normalized spacial score (nSPS) is 11.6. The molecule has 1 aromatic rings. The number of hydrogen-bond donors (Lipinski definition) is 1. The van der Waals surface area contributed by atoms with Crippen molar-refractivity contribution >= 4 is 11.8 Å².